The molecule has 28 heavy (non-hydrogen) atoms. The third-order valence-corrected chi connectivity index (χ3v) is 5.50. The minimum atomic E-state index is -0.294. The zero-order valence-corrected chi connectivity index (χ0v) is 15.6. The molecule has 4 heterocycles. The molecule has 3 aromatic heterocycles. The van der Waals surface area contributed by atoms with Gasteiger partial charge in [0.05, 0.1) is 31.8 Å². The number of rotatable bonds is 6. The monoisotopic (exact) mass is 384 g/mol. The average Bonchev–Trinajstić information content (AvgIpc) is 3.34. The first kappa shape index (κ1) is 17.6. The lowest BCUT2D eigenvalue weighted by Crippen LogP contribution is -2.46. The molecular weight excluding hydrogens is 360 g/mol. The number of morpholine rings is 1. The third kappa shape index (κ3) is 3.36. The SMILES string of the molecule is OC[C@@H]1CN(Cc2ccco2)C[C@H](n2cnc3c(NC4CCC4)ncnc32)O1. The van der Waals surface area contributed by atoms with Crippen molar-refractivity contribution in [3.63, 3.8) is 0 Å². The standard InChI is InChI=1S/C19H24N6O3/c26-10-15-8-24(7-14-5-2-6-27-14)9-16(28-15)25-12-22-17-18(20-11-21-19(17)25)23-13-3-1-4-13/h2,5-6,11-13,15-16,26H,1,3-4,7-10H2,(H,20,21,23)/t15-,16+/m0/s1. The molecule has 148 valence electrons. The maximum atomic E-state index is 9.70. The van der Waals surface area contributed by atoms with Crippen molar-refractivity contribution >= 4 is 17.0 Å². The number of ether oxygens (including phenoxy) is 1. The van der Waals surface area contributed by atoms with Gasteiger partial charge < -0.3 is 19.6 Å². The van der Waals surface area contributed by atoms with Crippen LogP contribution in [0.25, 0.3) is 11.2 Å². The molecule has 0 bridgehead atoms. The highest BCUT2D eigenvalue weighted by Crippen LogP contribution is 2.28. The van der Waals surface area contributed by atoms with Crippen LogP contribution < -0.4 is 5.32 Å². The predicted molar refractivity (Wildman–Crippen MR) is 102 cm³/mol. The minimum Gasteiger partial charge on any atom is -0.468 e. The number of aliphatic hydroxyl groups is 1. The second-order valence-corrected chi connectivity index (χ2v) is 7.49. The molecule has 1 saturated carbocycles. The van der Waals surface area contributed by atoms with Crippen molar-refractivity contribution in [1.29, 1.82) is 0 Å². The molecule has 2 fully saturated rings. The molecule has 2 aliphatic rings. The average molecular weight is 384 g/mol. The summed E-state index contributed by atoms with van der Waals surface area (Å²) in [5, 5.41) is 13.2. The highest BCUT2D eigenvalue weighted by molar-refractivity contribution is 5.82. The van der Waals surface area contributed by atoms with Crippen LogP contribution in [0, 0.1) is 0 Å². The van der Waals surface area contributed by atoms with E-state index in [9.17, 15) is 5.11 Å². The van der Waals surface area contributed by atoms with Crippen molar-refractivity contribution < 1.29 is 14.3 Å². The lowest BCUT2D eigenvalue weighted by molar-refractivity contribution is -0.136. The van der Waals surface area contributed by atoms with Gasteiger partial charge in [-0.2, -0.15) is 0 Å². The van der Waals surface area contributed by atoms with E-state index in [0.717, 1.165) is 35.6 Å². The molecule has 1 aliphatic heterocycles. The normalized spacial score (nSPS) is 23.8. The van der Waals surface area contributed by atoms with Crippen LogP contribution in [0.2, 0.25) is 0 Å². The number of nitrogens with zero attached hydrogens (tertiary/aromatic N) is 5. The van der Waals surface area contributed by atoms with E-state index in [1.54, 1.807) is 18.9 Å². The fraction of sp³-hybridized carbons (Fsp3) is 0.526. The van der Waals surface area contributed by atoms with Crippen molar-refractivity contribution in [2.75, 3.05) is 25.0 Å². The molecule has 1 saturated heterocycles. The van der Waals surface area contributed by atoms with Crippen molar-refractivity contribution in [3.8, 4) is 0 Å². The molecule has 9 nitrogen and oxygen atoms in total. The van der Waals surface area contributed by atoms with Crippen LogP contribution in [0.5, 0.6) is 0 Å². The van der Waals surface area contributed by atoms with Gasteiger partial charge in [-0.15, -0.1) is 0 Å². The second kappa shape index (κ2) is 7.50. The summed E-state index contributed by atoms with van der Waals surface area (Å²) in [6.45, 7) is 1.92. The van der Waals surface area contributed by atoms with Gasteiger partial charge in [-0.3, -0.25) is 9.47 Å². The molecule has 0 amide bonds. The Bertz CT molecular complexity index is 923. The van der Waals surface area contributed by atoms with Crippen molar-refractivity contribution in [2.24, 2.45) is 0 Å². The van der Waals surface area contributed by atoms with E-state index in [4.69, 9.17) is 9.15 Å². The summed E-state index contributed by atoms with van der Waals surface area (Å²) in [7, 11) is 0. The van der Waals surface area contributed by atoms with E-state index in [1.165, 1.54) is 6.42 Å². The van der Waals surface area contributed by atoms with Gasteiger partial charge in [-0.1, -0.05) is 0 Å². The summed E-state index contributed by atoms with van der Waals surface area (Å²) in [6, 6.07) is 4.31. The first-order valence-electron chi connectivity index (χ1n) is 9.75. The largest absolute Gasteiger partial charge is 0.468 e. The zero-order chi connectivity index (χ0) is 18.9. The number of nitrogens with one attached hydrogen (secondary N) is 1. The summed E-state index contributed by atoms with van der Waals surface area (Å²) < 4.78 is 13.5. The number of anilines is 1. The number of furan rings is 1. The van der Waals surface area contributed by atoms with Gasteiger partial charge in [0, 0.05) is 19.1 Å². The Morgan fingerprint density at radius 2 is 2.14 bits per heavy atom. The lowest BCUT2D eigenvalue weighted by Gasteiger charge is -2.37. The topological polar surface area (TPSA) is 101 Å². The van der Waals surface area contributed by atoms with Crippen molar-refractivity contribution in [3.05, 3.63) is 36.8 Å². The van der Waals surface area contributed by atoms with Crippen LogP contribution in [0.3, 0.4) is 0 Å². The molecule has 0 aromatic carbocycles. The van der Waals surface area contributed by atoms with Gasteiger partial charge >= 0.3 is 0 Å². The first-order valence-corrected chi connectivity index (χ1v) is 9.75. The number of hydrogen-bond acceptors (Lipinski definition) is 8. The van der Waals surface area contributed by atoms with E-state index in [0.29, 0.717) is 25.7 Å². The Hall–Kier alpha value is -2.49. The zero-order valence-electron chi connectivity index (χ0n) is 15.6. The Balaban J connectivity index is 1.40. The summed E-state index contributed by atoms with van der Waals surface area (Å²) >= 11 is 0. The van der Waals surface area contributed by atoms with Gasteiger partial charge in [0.2, 0.25) is 0 Å². The molecule has 5 rings (SSSR count). The Kier molecular flexibility index (Phi) is 4.71. The van der Waals surface area contributed by atoms with E-state index < -0.39 is 0 Å². The number of hydrogen-bond donors (Lipinski definition) is 2. The molecule has 0 radical (unpaired) electrons. The highest BCUT2D eigenvalue weighted by Gasteiger charge is 2.30. The number of imidazole rings is 1. The second-order valence-electron chi connectivity index (χ2n) is 7.49. The van der Waals surface area contributed by atoms with Crippen molar-refractivity contribution in [1.82, 2.24) is 24.4 Å². The number of fused-ring (bicyclic) bond motifs is 1. The third-order valence-electron chi connectivity index (χ3n) is 5.50. The van der Waals surface area contributed by atoms with Crippen LogP contribution in [0.4, 0.5) is 5.82 Å². The van der Waals surface area contributed by atoms with Gasteiger partial charge in [0.1, 0.15) is 18.3 Å². The summed E-state index contributed by atoms with van der Waals surface area (Å²) in [5.41, 5.74) is 1.49. The molecule has 0 unspecified atom stereocenters. The van der Waals surface area contributed by atoms with E-state index in [2.05, 4.69) is 25.2 Å². The summed E-state index contributed by atoms with van der Waals surface area (Å²) in [6.07, 6.45) is 8.00. The van der Waals surface area contributed by atoms with Crippen LogP contribution >= 0.6 is 0 Å². The summed E-state index contributed by atoms with van der Waals surface area (Å²) in [5.74, 6) is 1.66. The fourth-order valence-corrected chi connectivity index (χ4v) is 3.81. The fourth-order valence-electron chi connectivity index (χ4n) is 3.81. The van der Waals surface area contributed by atoms with Gasteiger partial charge in [-0.05, 0) is 31.4 Å². The highest BCUT2D eigenvalue weighted by atomic mass is 16.5. The molecular formula is C19H24N6O3. The lowest BCUT2D eigenvalue weighted by atomic mass is 9.93. The van der Waals surface area contributed by atoms with Gasteiger partial charge in [-0.25, -0.2) is 15.0 Å². The van der Waals surface area contributed by atoms with E-state index >= 15 is 0 Å². The molecule has 3 aromatic rings. The van der Waals surface area contributed by atoms with Crippen molar-refractivity contribution in [2.45, 2.75) is 44.2 Å². The van der Waals surface area contributed by atoms with E-state index in [1.807, 2.05) is 16.7 Å². The molecule has 2 N–H and O–H groups in total. The predicted octanol–water partition coefficient (Wildman–Crippen LogP) is 1.78. The number of aromatic nitrogens is 4. The van der Waals surface area contributed by atoms with Crippen LogP contribution in [0.1, 0.15) is 31.3 Å². The van der Waals surface area contributed by atoms with E-state index in [-0.39, 0.29) is 18.9 Å². The molecule has 1 aliphatic carbocycles. The van der Waals surface area contributed by atoms with Crippen LogP contribution in [-0.4, -0.2) is 61.4 Å². The summed E-state index contributed by atoms with van der Waals surface area (Å²) in [4.78, 5) is 15.6. The van der Waals surface area contributed by atoms with Crippen LogP contribution in [-0.2, 0) is 11.3 Å². The molecule has 9 heteroatoms. The maximum absolute atomic E-state index is 9.70. The Labute approximate surface area is 162 Å². The smallest absolute Gasteiger partial charge is 0.167 e. The van der Waals surface area contributed by atoms with Gasteiger partial charge in [0.25, 0.3) is 0 Å². The molecule has 0 spiro atoms. The first-order chi connectivity index (χ1) is 13.8. The van der Waals surface area contributed by atoms with Crippen LogP contribution in [0.15, 0.2) is 35.5 Å². The number of aliphatic hydroxyl groups excluding tert-OH is 1. The van der Waals surface area contributed by atoms with Gasteiger partial charge in [0.15, 0.2) is 17.0 Å². The Morgan fingerprint density at radius 1 is 1.21 bits per heavy atom. The maximum Gasteiger partial charge on any atom is 0.167 e. The molecule has 2 atom stereocenters. The quantitative estimate of drug-likeness (QED) is 0.663. The minimum absolute atomic E-state index is 0.0404. The Morgan fingerprint density at radius 3 is 2.89 bits per heavy atom.